The Morgan fingerprint density at radius 1 is 1.39 bits per heavy atom. The standard InChI is InChI=1S/C16H19N5O6S/c1-10(22)27-13-9-25-16(28-13)15(23)20-5-6-24-11(7-20)8-26-21-14-12(18-19-21)3-2-4-17-14/h2-4,11,13,16H,5-9H2,1H3/t11?,13-,16+/m1/s1. The molecule has 1 amide bonds. The molecular weight excluding hydrogens is 390 g/mol. The first-order valence-electron chi connectivity index (χ1n) is 8.74. The number of aromatic nitrogens is 4. The van der Waals surface area contributed by atoms with Crippen LogP contribution >= 0.6 is 11.8 Å². The topological polar surface area (TPSA) is 118 Å². The van der Waals surface area contributed by atoms with Gasteiger partial charge in [0.25, 0.3) is 5.91 Å². The van der Waals surface area contributed by atoms with Crippen LogP contribution in [0.3, 0.4) is 0 Å². The summed E-state index contributed by atoms with van der Waals surface area (Å²) in [7, 11) is 0. The normalized spacial score (nSPS) is 25.0. The van der Waals surface area contributed by atoms with Crippen LogP contribution in [0.5, 0.6) is 0 Å². The maximum atomic E-state index is 12.7. The first-order valence-corrected chi connectivity index (χ1v) is 9.69. The number of fused-ring (bicyclic) bond motifs is 1. The summed E-state index contributed by atoms with van der Waals surface area (Å²) in [5.41, 5.74) is -0.00712. The van der Waals surface area contributed by atoms with Gasteiger partial charge in [0.2, 0.25) is 5.65 Å². The summed E-state index contributed by atoms with van der Waals surface area (Å²) in [4.78, 5) is 36.5. The van der Waals surface area contributed by atoms with Gasteiger partial charge >= 0.3 is 5.97 Å². The highest BCUT2D eigenvalue weighted by atomic mass is 32.2. The Kier molecular flexibility index (Phi) is 5.59. The minimum absolute atomic E-state index is 0.166. The van der Waals surface area contributed by atoms with Gasteiger partial charge in [-0.15, -0.1) is 5.10 Å². The number of carbonyl (C=O) groups is 2. The van der Waals surface area contributed by atoms with Crippen molar-refractivity contribution in [1.82, 2.24) is 25.0 Å². The lowest BCUT2D eigenvalue weighted by Crippen LogP contribution is -2.50. The van der Waals surface area contributed by atoms with Gasteiger partial charge in [0.1, 0.15) is 18.2 Å². The predicted octanol–water partition coefficient (Wildman–Crippen LogP) is -0.539. The lowest BCUT2D eigenvalue weighted by Gasteiger charge is -2.33. The average molecular weight is 409 g/mol. The van der Waals surface area contributed by atoms with Gasteiger partial charge in [0.05, 0.1) is 19.8 Å². The van der Waals surface area contributed by atoms with Crippen molar-refractivity contribution in [2.24, 2.45) is 0 Å². The maximum absolute atomic E-state index is 12.7. The molecule has 150 valence electrons. The van der Waals surface area contributed by atoms with Gasteiger partial charge in [-0.05, 0) is 17.3 Å². The van der Waals surface area contributed by atoms with E-state index in [1.165, 1.54) is 23.5 Å². The summed E-state index contributed by atoms with van der Waals surface area (Å²) >= 11 is 1.20. The van der Waals surface area contributed by atoms with Gasteiger partial charge in [0, 0.05) is 19.7 Å². The van der Waals surface area contributed by atoms with Crippen LogP contribution in [-0.4, -0.2) is 86.8 Å². The number of carbonyl (C=O) groups excluding carboxylic acids is 2. The van der Waals surface area contributed by atoms with E-state index in [-0.39, 0.29) is 25.2 Å². The Bertz CT molecular complexity index is 863. The van der Waals surface area contributed by atoms with E-state index < -0.39 is 16.8 Å². The second-order valence-corrected chi connectivity index (χ2v) is 7.45. The number of hydrogen-bond acceptors (Lipinski definition) is 10. The number of rotatable bonds is 5. The fourth-order valence-corrected chi connectivity index (χ4v) is 3.96. The van der Waals surface area contributed by atoms with Gasteiger partial charge in [0.15, 0.2) is 10.9 Å². The lowest BCUT2D eigenvalue weighted by atomic mass is 10.3. The zero-order valence-corrected chi connectivity index (χ0v) is 15.9. The molecule has 11 nitrogen and oxygen atoms in total. The van der Waals surface area contributed by atoms with Gasteiger partial charge in [-0.3, -0.25) is 9.59 Å². The molecule has 0 aliphatic carbocycles. The summed E-state index contributed by atoms with van der Waals surface area (Å²) in [6.45, 7) is 2.92. The molecule has 4 rings (SSSR count). The molecule has 2 saturated heterocycles. The maximum Gasteiger partial charge on any atom is 0.303 e. The first-order chi connectivity index (χ1) is 13.6. The van der Waals surface area contributed by atoms with Crippen molar-refractivity contribution in [3.05, 3.63) is 18.3 Å². The monoisotopic (exact) mass is 409 g/mol. The summed E-state index contributed by atoms with van der Waals surface area (Å²) in [6.07, 6.45) is 1.31. The molecule has 1 unspecified atom stereocenters. The van der Waals surface area contributed by atoms with Crippen molar-refractivity contribution in [2.75, 3.05) is 32.9 Å². The highest BCUT2D eigenvalue weighted by Crippen LogP contribution is 2.30. The van der Waals surface area contributed by atoms with Crippen LogP contribution in [-0.2, 0) is 23.8 Å². The largest absolute Gasteiger partial charge is 0.449 e. The summed E-state index contributed by atoms with van der Waals surface area (Å²) < 4.78 is 16.2. The second kappa shape index (κ2) is 8.29. The number of ether oxygens (including phenoxy) is 3. The number of thioether (sulfide) groups is 1. The quantitative estimate of drug-likeness (QED) is 0.596. The van der Waals surface area contributed by atoms with E-state index in [9.17, 15) is 9.59 Å². The third-order valence-corrected chi connectivity index (χ3v) is 5.29. The SMILES string of the molecule is CC(=O)O[C@H]1CO[C@H](C(=O)N2CCOC(COn3nnc4cccnc43)C2)S1. The van der Waals surface area contributed by atoms with Crippen molar-refractivity contribution >= 4 is 34.8 Å². The molecule has 0 N–H and O–H groups in total. The first kappa shape index (κ1) is 18.9. The van der Waals surface area contributed by atoms with Crippen LogP contribution in [0.2, 0.25) is 0 Å². The zero-order chi connectivity index (χ0) is 19.5. The van der Waals surface area contributed by atoms with E-state index in [1.807, 2.05) is 0 Å². The molecule has 2 fully saturated rings. The van der Waals surface area contributed by atoms with Crippen LogP contribution in [0.15, 0.2) is 18.3 Å². The second-order valence-electron chi connectivity index (χ2n) is 6.22. The minimum Gasteiger partial charge on any atom is -0.449 e. The van der Waals surface area contributed by atoms with Crippen LogP contribution in [0.1, 0.15) is 6.92 Å². The van der Waals surface area contributed by atoms with Crippen molar-refractivity contribution in [3.63, 3.8) is 0 Å². The van der Waals surface area contributed by atoms with Gasteiger partial charge in [-0.1, -0.05) is 16.6 Å². The van der Waals surface area contributed by atoms with Gasteiger partial charge in [-0.25, -0.2) is 4.98 Å². The number of pyridine rings is 1. The third-order valence-electron chi connectivity index (χ3n) is 4.17. The van der Waals surface area contributed by atoms with Gasteiger partial charge in [-0.2, -0.15) is 0 Å². The smallest absolute Gasteiger partial charge is 0.303 e. The molecule has 2 aliphatic heterocycles. The predicted molar refractivity (Wildman–Crippen MR) is 96.0 cm³/mol. The van der Waals surface area contributed by atoms with Crippen molar-refractivity contribution in [2.45, 2.75) is 23.9 Å². The molecule has 0 aromatic carbocycles. The number of amides is 1. The number of esters is 1. The van der Waals surface area contributed by atoms with Gasteiger partial charge < -0.3 is 23.9 Å². The molecule has 0 bridgehead atoms. The van der Waals surface area contributed by atoms with Crippen molar-refractivity contribution < 1.29 is 28.6 Å². The molecule has 0 spiro atoms. The van der Waals surface area contributed by atoms with Crippen molar-refractivity contribution in [3.8, 4) is 0 Å². The molecule has 2 aliphatic rings. The molecule has 4 heterocycles. The number of morpholine rings is 1. The average Bonchev–Trinajstić information content (AvgIpc) is 3.32. The summed E-state index contributed by atoms with van der Waals surface area (Å²) in [5.74, 6) is -0.561. The molecule has 2 aromatic heterocycles. The zero-order valence-electron chi connectivity index (χ0n) is 15.1. The van der Waals surface area contributed by atoms with E-state index >= 15 is 0 Å². The molecular formula is C16H19N5O6S. The Morgan fingerprint density at radius 3 is 3.14 bits per heavy atom. The fraction of sp³-hybridized carbons (Fsp3) is 0.562. The molecule has 2 aromatic rings. The van der Waals surface area contributed by atoms with E-state index in [2.05, 4.69) is 15.3 Å². The molecule has 0 saturated carbocycles. The van der Waals surface area contributed by atoms with E-state index in [1.54, 1.807) is 23.2 Å². The van der Waals surface area contributed by atoms with Crippen LogP contribution in [0.25, 0.3) is 11.2 Å². The lowest BCUT2D eigenvalue weighted by molar-refractivity contribution is -0.148. The molecule has 12 heteroatoms. The summed E-state index contributed by atoms with van der Waals surface area (Å²) in [5, 5.41) is 7.88. The Morgan fingerprint density at radius 2 is 2.29 bits per heavy atom. The van der Waals surface area contributed by atoms with Crippen LogP contribution in [0.4, 0.5) is 0 Å². The van der Waals surface area contributed by atoms with E-state index in [0.29, 0.717) is 30.9 Å². The summed E-state index contributed by atoms with van der Waals surface area (Å²) in [6, 6.07) is 3.55. The minimum atomic E-state index is -0.688. The Hall–Kier alpha value is -2.44. The Labute approximate surface area is 164 Å². The molecule has 0 radical (unpaired) electrons. The van der Waals surface area contributed by atoms with Crippen LogP contribution in [0, 0.1) is 0 Å². The number of hydrogen-bond donors (Lipinski definition) is 0. The van der Waals surface area contributed by atoms with Crippen molar-refractivity contribution in [1.29, 1.82) is 0 Å². The fourth-order valence-electron chi connectivity index (χ4n) is 2.91. The van der Waals surface area contributed by atoms with E-state index in [4.69, 9.17) is 19.0 Å². The molecule has 28 heavy (non-hydrogen) atoms. The Balaban J connectivity index is 1.30. The molecule has 3 atom stereocenters. The number of nitrogens with zero attached hydrogens (tertiary/aromatic N) is 5. The highest BCUT2D eigenvalue weighted by Gasteiger charge is 2.37. The third kappa shape index (κ3) is 4.18. The van der Waals surface area contributed by atoms with E-state index in [0.717, 1.165) is 0 Å². The van der Waals surface area contributed by atoms with Crippen LogP contribution < -0.4 is 4.84 Å². The highest BCUT2D eigenvalue weighted by molar-refractivity contribution is 8.01.